The molecule has 0 aliphatic rings. The maximum atomic E-state index is 12.1. The van der Waals surface area contributed by atoms with E-state index in [9.17, 15) is 4.79 Å². The summed E-state index contributed by atoms with van der Waals surface area (Å²) in [6, 6.07) is 13.1. The van der Waals surface area contributed by atoms with Gasteiger partial charge in [0.2, 0.25) is 0 Å². The lowest BCUT2D eigenvalue weighted by Crippen LogP contribution is -3.11. The topological polar surface area (TPSA) is 57.3 Å². The zero-order chi connectivity index (χ0) is 15.1. The molecule has 0 saturated carbocycles. The van der Waals surface area contributed by atoms with E-state index in [0.29, 0.717) is 12.1 Å². The molecule has 1 aromatic carbocycles. The molecule has 21 heavy (non-hydrogen) atoms. The molecule has 2 N–H and O–H groups in total. The summed E-state index contributed by atoms with van der Waals surface area (Å²) in [5, 5.41) is 13.7. The number of benzene rings is 1. The number of anilines is 1. The Morgan fingerprint density at radius 1 is 1.33 bits per heavy atom. The van der Waals surface area contributed by atoms with E-state index in [1.54, 1.807) is 35.6 Å². The third kappa shape index (κ3) is 4.71. The molecular weight excluding hydrogens is 282 g/mol. The van der Waals surface area contributed by atoms with Crippen molar-refractivity contribution in [3.63, 3.8) is 0 Å². The van der Waals surface area contributed by atoms with E-state index in [4.69, 9.17) is 5.26 Å². The van der Waals surface area contributed by atoms with Crippen LogP contribution in [0.5, 0.6) is 0 Å². The molecule has 0 saturated heterocycles. The van der Waals surface area contributed by atoms with E-state index < -0.39 is 0 Å². The highest BCUT2D eigenvalue weighted by atomic mass is 32.1. The molecule has 1 heterocycles. The lowest BCUT2D eigenvalue weighted by atomic mass is 10.2. The molecule has 1 unspecified atom stereocenters. The lowest BCUT2D eigenvalue weighted by molar-refractivity contribution is -0.903. The highest BCUT2D eigenvalue weighted by Gasteiger charge is 2.13. The van der Waals surface area contributed by atoms with Gasteiger partial charge in [-0.1, -0.05) is 6.07 Å². The summed E-state index contributed by atoms with van der Waals surface area (Å²) in [6.07, 6.45) is 0. The van der Waals surface area contributed by atoms with Crippen molar-refractivity contribution >= 4 is 22.9 Å². The van der Waals surface area contributed by atoms with E-state index in [2.05, 4.69) is 29.8 Å². The Hall–Kier alpha value is -2.16. The predicted molar refractivity (Wildman–Crippen MR) is 84.2 cm³/mol. The van der Waals surface area contributed by atoms with E-state index in [0.717, 1.165) is 18.8 Å². The maximum absolute atomic E-state index is 12.1. The van der Waals surface area contributed by atoms with Crippen LogP contribution in [0.25, 0.3) is 0 Å². The van der Waals surface area contributed by atoms with Crippen molar-refractivity contribution in [2.24, 2.45) is 0 Å². The summed E-state index contributed by atoms with van der Waals surface area (Å²) in [7, 11) is 0. The Labute approximate surface area is 128 Å². The van der Waals surface area contributed by atoms with E-state index in [1.807, 2.05) is 6.07 Å². The molecule has 5 heteroatoms. The molecule has 2 rings (SSSR count). The molecule has 1 amide bonds. The van der Waals surface area contributed by atoms with Crippen LogP contribution in [-0.2, 0) is 11.3 Å². The van der Waals surface area contributed by atoms with Gasteiger partial charge in [-0.2, -0.15) is 5.26 Å². The molecule has 0 radical (unpaired) electrons. The van der Waals surface area contributed by atoms with Gasteiger partial charge in [0.15, 0.2) is 6.54 Å². The van der Waals surface area contributed by atoms with Crippen LogP contribution in [0.1, 0.15) is 17.4 Å². The zero-order valence-electron chi connectivity index (χ0n) is 11.9. The van der Waals surface area contributed by atoms with Crippen molar-refractivity contribution in [2.75, 3.05) is 18.4 Å². The number of carbonyl (C=O) groups is 1. The number of nitrogens with one attached hydrogen (secondary N) is 2. The van der Waals surface area contributed by atoms with Gasteiger partial charge in [-0.05, 0) is 42.6 Å². The third-order valence-corrected chi connectivity index (χ3v) is 4.09. The van der Waals surface area contributed by atoms with Gasteiger partial charge in [0.25, 0.3) is 5.91 Å². The molecule has 0 aliphatic heterocycles. The fourth-order valence-electron chi connectivity index (χ4n) is 2.03. The Morgan fingerprint density at radius 3 is 2.67 bits per heavy atom. The summed E-state index contributed by atoms with van der Waals surface area (Å²) in [5.41, 5.74) is 1.32. The first kappa shape index (κ1) is 15.2. The van der Waals surface area contributed by atoms with Gasteiger partial charge in [-0.15, -0.1) is 11.3 Å². The van der Waals surface area contributed by atoms with Crippen LogP contribution in [0.15, 0.2) is 41.8 Å². The average Bonchev–Trinajstić information content (AvgIpc) is 3.00. The first-order chi connectivity index (χ1) is 10.2. The fraction of sp³-hybridized carbons (Fsp3) is 0.250. The first-order valence-corrected chi connectivity index (χ1v) is 7.75. The van der Waals surface area contributed by atoms with Crippen molar-refractivity contribution in [3.8, 4) is 6.07 Å². The average molecular weight is 300 g/mol. The lowest BCUT2D eigenvalue weighted by Gasteiger charge is -2.16. The number of hydrogen-bond donors (Lipinski definition) is 2. The van der Waals surface area contributed by atoms with Crippen LogP contribution in [0, 0.1) is 11.3 Å². The zero-order valence-corrected chi connectivity index (χ0v) is 12.7. The number of amides is 1. The minimum absolute atomic E-state index is 0.00638. The molecule has 0 bridgehead atoms. The second-order valence-electron chi connectivity index (χ2n) is 4.77. The summed E-state index contributed by atoms with van der Waals surface area (Å²) in [6.45, 7) is 4.29. The smallest absolute Gasteiger partial charge is 0.279 e. The normalized spacial score (nSPS) is 11.6. The number of rotatable bonds is 6. The van der Waals surface area contributed by atoms with Gasteiger partial charge >= 0.3 is 0 Å². The molecule has 108 valence electrons. The Balaban J connectivity index is 1.88. The highest BCUT2D eigenvalue weighted by Crippen LogP contribution is 2.08. The van der Waals surface area contributed by atoms with Crippen LogP contribution in [-0.4, -0.2) is 19.0 Å². The number of nitrogens with zero attached hydrogens (tertiary/aromatic N) is 1. The van der Waals surface area contributed by atoms with E-state index >= 15 is 0 Å². The Morgan fingerprint density at radius 2 is 2.10 bits per heavy atom. The van der Waals surface area contributed by atoms with Crippen LogP contribution in [0.3, 0.4) is 0 Å². The fourth-order valence-corrected chi connectivity index (χ4v) is 2.81. The van der Waals surface area contributed by atoms with E-state index in [1.165, 1.54) is 9.78 Å². The molecule has 0 spiro atoms. The molecule has 0 fully saturated rings. The largest absolute Gasteiger partial charge is 0.323 e. The number of quaternary nitrogens is 1. The van der Waals surface area contributed by atoms with Gasteiger partial charge in [-0.25, -0.2) is 0 Å². The van der Waals surface area contributed by atoms with Crippen LogP contribution >= 0.6 is 11.3 Å². The molecule has 1 atom stereocenters. The number of hydrogen-bond acceptors (Lipinski definition) is 3. The van der Waals surface area contributed by atoms with Crippen molar-refractivity contribution in [3.05, 3.63) is 52.2 Å². The van der Waals surface area contributed by atoms with Crippen LogP contribution in [0.2, 0.25) is 0 Å². The van der Waals surface area contributed by atoms with Crippen molar-refractivity contribution < 1.29 is 9.69 Å². The summed E-state index contributed by atoms with van der Waals surface area (Å²) >= 11 is 1.72. The number of nitriles is 1. The monoisotopic (exact) mass is 300 g/mol. The predicted octanol–water partition coefficient (Wildman–Crippen LogP) is 1.66. The van der Waals surface area contributed by atoms with Gasteiger partial charge in [0, 0.05) is 5.69 Å². The molecular formula is C16H18N3OS+. The second kappa shape index (κ2) is 7.58. The maximum Gasteiger partial charge on any atom is 0.279 e. The second-order valence-corrected chi connectivity index (χ2v) is 5.81. The SMILES string of the molecule is CC[NH+](CC(=O)Nc1ccc(C#N)cc1)Cc1cccs1. The quantitative estimate of drug-likeness (QED) is 0.852. The molecule has 4 nitrogen and oxygen atoms in total. The van der Waals surface area contributed by atoms with Crippen molar-refractivity contribution in [1.29, 1.82) is 5.26 Å². The number of carbonyl (C=O) groups excluding carboxylic acids is 1. The number of thiophene rings is 1. The van der Waals surface area contributed by atoms with Gasteiger partial charge in [0.1, 0.15) is 6.54 Å². The first-order valence-electron chi connectivity index (χ1n) is 6.87. The van der Waals surface area contributed by atoms with Crippen molar-refractivity contribution in [1.82, 2.24) is 0 Å². The molecule has 2 aromatic rings. The Bertz CT molecular complexity index is 614. The summed E-state index contributed by atoms with van der Waals surface area (Å²) < 4.78 is 0. The van der Waals surface area contributed by atoms with Crippen LogP contribution < -0.4 is 10.2 Å². The Kier molecular flexibility index (Phi) is 5.50. The summed E-state index contributed by atoms with van der Waals surface area (Å²) in [5.74, 6) is -0.00638. The number of likely N-dealkylation sites (N-methyl/N-ethyl adjacent to an activating group) is 1. The van der Waals surface area contributed by atoms with Crippen molar-refractivity contribution in [2.45, 2.75) is 13.5 Å². The molecule has 1 aromatic heterocycles. The standard InChI is InChI=1S/C16H17N3OS/c1-2-19(11-15-4-3-9-21-15)12-16(20)18-14-7-5-13(10-17)6-8-14/h3-9H,2,11-12H2,1H3,(H,18,20)/p+1. The molecule has 0 aliphatic carbocycles. The minimum atomic E-state index is -0.00638. The summed E-state index contributed by atoms with van der Waals surface area (Å²) in [4.78, 5) is 14.6. The van der Waals surface area contributed by atoms with E-state index in [-0.39, 0.29) is 5.91 Å². The highest BCUT2D eigenvalue weighted by molar-refractivity contribution is 7.09. The van der Waals surface area contributed by atoms with Gasteiger partial charge in [0.05, 0.1) is 23.1 Å². The van der Waals surface area contributed by atoms with Gasteiger partial charge < -0.3 is 10.2 Å². The third-order valence-electron chi connectivity index (χ3n) is 3.21. The van der Waals surface area contributed by atoms with Gasteiger partial charge in [-0.3, -0.25) is 4.79 Å². The minimum Gasteiger partial charge on any atom is -0.323 e. The van der Waals surface area contributed by atoms with Crippen LogP contribution in [0.4, 0.5) is 5.69 Å².